The van der Waals surface area contributed by atoms with Gasteiger partial charge in [-0.3, -0.25) is 4.79 Å². The van der Waals surface area contributed by atoms with E-state index < -0.39 is 5.97 Å². The number of hydrogen-bond donors (Lipinski definition) is 0. The Morgan fingerprint density at radius 1 is 0.867 bits per heavy atom. The van der Waals surface area contributed by atoms with Crippen LogP contribution in [0.4, 0.5) is 5.69 Å². The fourth-order valence-electron chi connectivity index (χ4n) is 3.63. The quantitative estimate of drug-likeness (QED) is 0.611. The van der Waals surface area contributed by atoms with Crippen LogP contribution in [0, 0.1) is 0 Å². The molecule has 1 aliphatic heterocycles. The summed E-state index contributed by atoms with van der Waals surface area (Å²) in [7, 11) is 1.65. The number of benzene rings is 3. The van der Waals surface area contributed by atoms with Crippen molar-refractivity contribution in [1.29, 1.82) is 0 Å². The fourth-order valence-corrected chi connectivity index (χ4v) is 3.63. The third-order valence-corrected chi connectivity index (χ3v) is 5.38. The zero-order chi connectivity index (χ0) is 20.9. The maximum absolute atomic E-state index is 12.5. The van der Waals surface area contributed by atoms with E-state index in [0.29, 0.717) is 18.7 Å². The van der Waals surface area contributed by atoms with E-state index in [9.17, 15) is 9.59 Å². The van der Waals surface area contributed by atoms with Crippen molar-refractivity contribution in [3.63, 3.8) is 0 Å². The molecule has 0 spiro atoms. The lowest BCUT2D eigenvalue weighted by atomic mass is 10.1. The van der Waals surface area contributed by atoms with Crippen LogP contribution >= 0.6 is 0 Å². The van der Waals surface area contributed by atoms with Crippen molar-refractivity contribution >= 4 is 28.3 Å². The monoisotopic (exact) mass is 404 g/mol. The minimum absolute atomic E-state index is 0.168. The summed E-state index contributed by atoms with van der Waals surface area (Å²) in [5, 5.41) is 2.02. The molecule has 1 amide bonds. The molecular formula is C24H24N2O4. The number of methoxy groups -OCH3 is 1. The minimum atomic E-state index is -0.481. The third kappa shape index (κ3) is 4.38. The summed E-state index contributed by atoms with van der Waals surface area (Å²) < 4.78 is 10.5. The molecule has 6 heteroatoms. The summed E-state index contributed by atoms with van der Waals surface area (Å²) in [6, 6.07) is 21.1. The Morgan fingerprint density at radius 2 is 1.57 bits per heavy atom. The zero-order valence-corrected chi connectivity index (χ0v) is 16.9. The van der Waals surface area contributed by atoms with Crippen LogP contribution in [0.3, 0.4) is 0 Å². The number of ether oxygens (including phenoxy) is 2. The van der Waals surface area contributed by atoms with Gasteiger partial charge in [-0.2, -0.15) is 0 Å². The molecule has 30 heavy (non-hydrogen) atoms. The van der Waals surface area contributed by atoms with Crippen LogP contribution in [-0.2, 0) is 9.53 Å². The second-order valence-electron chi connectivity index (χ2n) is 7.20. The smallest absolute Gasteiger partial charge is 0.338 e. The third-order valence-electron chi connectivity index (χ3n) is 5.38. The highest BCUT2D eigenvalue weighted by molar-refractivity contribution is 5.96. The molecule has 0 bridgehead atoms. The lowest BCUT2D eigenvalue weighted by Gasteiger charge is -2.36. The lowest BCUT2D eigenvalue weighted by molar-refractivity contribution is -0.134. The number of esters is 1. The summed E-state index contributed by atoms with van der Waals surface area (Å²) in [6.45, 7) is 2.42. The first kappa shape index (κ1) is 19.8. The van der Waals surface area contributed by atoms with Crippen molar-refractivity contribution in [2.24, 2.45) is 0 Å². The summed E-state index contributed by atoms with van der Waals surface area (Å²) in [6.07, 6.45) is 0. The van der Waals surface area contributed by atoms with Gasteiger partial charge in [0.05, 0.1) is 12.7 Å². The van der Waals surface area contributed by atoms with E-state index in [0.717, 1.165) is 35.3 Å². The molecule has 0 unspecified atom stereocenters. The molecule has 0 N–H and O–H groups in total. The molecule has 1 aliphatic rings. The van der Waals surface area contributed by atoms with Crippen LogP contribution in [0.1, 0.15) is 10.4 Å². The van der Waals surface area contributed by atoms with Gasteiger partial charge < -0.3 is 19.3 Å². The molecule has 1 fully saturated rings. The molecule has 0 radical (unpaired) electrons. The Balaban J connectivity index is 1.28. The van der Waals surface area contributed by atoms with Crippen molar-refractivity contribution in [2.75, 3.05) is 44.8 Å². The molecule has 1 saturated heterocycles. The predicted octanol–water partition coefficient (Wildman–Crippen LogP) is 3.35. The number of fused-ring (bicyclic) bond motifs is 1. The fraction of sp³-hybridized carbons (Fsp3) is 0.250. The largest absolute Gasteiger partial charge is 0.497 e. The highest BCUT2D eigenvalue weighted by Gasteiger charge is 2.22. The van der Waals surface area contributed by atoms with Crippen LogP contribution in [0.15, 0.2) is 66.7 Å². The number of carbonyl (C=O) groups is 2. The summed E-state index contributed by atoms with van der Waals surface area (Å²) in [4.78, 5) is 28.8. The number of nitrogens with zero attached hydrogens (tertiary/aromatic N) is 2. The molecule has 0 saturated carbocycles. The first-order valence-electron chi connectivity index (χ1n) is 9.97. The Bertz CT molecular complexity index is 1040. The van der Waals surface area contributed by atoms with Gasteiger partial charge in [0.15, 0.2) is 6.61 Å². The van der Waals surface area contributed by atoms with Crippen molar-refractivity contribution in [3.8, 4) is 5.75 Å². The SMILES string of the molecule is COc1ccc(N2CCN(C(=O)COC(=O)c3ccc4ccccc4c3)CC2)cc1. The van der Waals surface area contributed by atoms with Crippen LogP contribution in [-0.4, -0.2) is 56.7 Å². The van der Waals surface area contributed by atoms with Crippen molar-refractivity contribution in [3.05, 3.63) is 72.3 Å². The van der Waals surface area contributed by atoms with Gasteiger partial charge in [-0.1, -0.05) is 30.3 Å². The van der Waals surface area contributed by atoms with Crippen molar-refractivity contribution < 1.29 is 19.1 Å². The highest BCUT2D eigenvalue weighted by Crippen LogP contribution is 2.21. The van der Waals surface area contributed by atoms with Crippen LogP contribution in [0.5, 0.6) is 5.75 Å². The molecular weight excluding hydrogens is 380 g/mol. The van der Waals surface area contributed by atoms with Gasteiger partial charge in [-0.15, -0.1) is 0 Å². The Labute approximate surface area is 175 Å². The van der Waals surface area contributed by atoms with Gasteiger partial charge in [-0.05, 0) is 47.2 Å². The number of carbonyl (C=O) groups excluding carboxylic acids is 2. The molecule has 0 aromatic heterocycles. The maximum Gasteiger partial charge on any atom is 0.338 e. The normalized spacial score (nSPS) is 13.9. The number of rotatable bonds is 5. The van der Waals surface area contributed by atoms with Crippen LogP contribution in [0.25, 0.3) is 10.8 Å². The molecule has 0 aliphatic carbocycles. The predicted molar refractivity (Wildman–Crippen MR) is 116 cm³/mol. The summed E-state index contributed by atoms with van der Waals surface area (Å²) in [5.41, 5.74) is 1.55. The number of piperazine rings is 1. The van der Waals surface area contributed by atoms with Gasteiger partial charge in [-0.25, -0.2) is 4.79 Å². The summed E-state index contributed by atoms with van der Waals surface area (Å²) in [5.74, 6) is 0.172. The molecule has 4 rings (SSSR count). The van der Waals surface area contributed by atoms with E-state index in [1.54, 1.807) is 24.1 Å². The topological polar surface area (TPSA) is 59.1 Å². The lowest BCUT2D eigenvalue weighted by Crippen LogP contribution is -2.49. The summed E-state index contributed by atoms with van der Waals surface area (Å²) >= 11 is 0. The molecule has 3 aromatic carbocycles. The maximum atomic E-state index is 12.5. The molecule has 0 atom stereocenters. The van der Waals surface area contributed by atoms with E-state index in [1.807, 2.05) is 54.6 Å². The number of anilines is 1. The van der Waals surface area contributed by atoms with Crippen LogP contribution < -0.4 is 9.64 Å². The first-order valence-corrected chi connectivity index (χ1v) is 9.97. The molecule has 3 aromatic rings. The zero-order valence-electron chi connectivity index (χ0n) is 16.9. The van der Waals surface area contributed by atoms with Gasteiger partial charge in [0.25, 0.3) is 5.91 Å². The first-order chi connectivity index (χ1) is 14.6. The van der Waals surface area contributed by atoms with Gasteiger partial charge in [0.1, 0.15) is 5.75 Å². The molecule has 1 heterocycles. The van der Waals surface area contributed by atoms with Gasteiger partial charge in [0.2, 0.25) is 0 Å². The van der Waals surface area contributed by atoms with E-state index in [-0.39, 0.29) is 12.5 Å². The number of hydrogen-bond acceptors (Lipinski definition) is 5. The number of amides is 1. The van der Waals surface area contributed by atoms with Crippen molar-refractivity contribution in [2.45, 2.75) is 0 Å². The van der Waals surface area contributed by atoms with E-state index in [1.165, 1.54) is 0 Å². The second-order valence-corrected chi connectivity index (χ2v) is 7.20. The molecule has 6 nitrogen and oxygen atoms in total. The Kier molecular flexibility index (Phi) is 5.84. The van der Waals surface area contributed by atoms with E-state index >= 15 is 0 Å². The molecule has 154 valence electrons. The van der Waals surface area contributed by atoms with E-state index in [4.69, 9.17) is 9.47 Å². The average Bonchev–Trinajstić information content (AvgIpc) is 2.82. The highest BCUT2D eigenvalue weighted by atomic mass is 16.5. The average molecular weight is 404 g/mol. The second kappa shape index (κ2) is 8.86. The Morgan fingerprint density at radius 3 is 2.27 bits per heavy atom. The van der Waals surface area contributed by atoms with E-state index in [2.05, 4.69) is 4.90 Å². The van der Waals surface area contributed by atoms with Gasteiger partial charge in [0, 0.05) is 31.9 Å². The Hall–Kier alpha value is -3.54. The van der Waals surface area contributed by atoms with Gasteiger partial charge >= 0.3 is 5.97 Å². The van der Waals surface area contributed by atoms with Crippen molar-refractivity contribution in [1.82, 2.24) is 4.90 Å². The minimum Gasteiger partial charge on any atom is -0.497 e. The van der Waals surface area contributed by atoms with Crippen LogP contribution in [0.2, 0.25) is 0 Å². The standard InChI is InChI=1S/C24H24N2O4/c1-29-22-10-8-21(9-11-22)25-12-14-26(15-13-25)23(27)17-30-24(28)20-7-6-18-4-2-3-5-19(18)16-20/h2-11,16H,12-15,17H2,1H3.